The normalized spacial score (nSPS) is 32.9. The largest absolute Gasteiger partial charge is 0.467 e. The van der Waals surface area contributed by atoms with Gasteiger partial charge < -0.3 is 52.5 Å². The highest BCUT2D eigenvalue weighted by atomic mass is 35.5. The Morgan fingerprint density at radius 1 is 0.842 bits per heavy atom. The number of amides is 1. The van der Waals surface area contributed by atoms with Gasteiger partial charge in [0.1, 0.15) is 30.3 Å². The first-order valence-corrected chi connectivity index (χ1v) is 19.1. The van der Waals surface area contributed by atoms with Crippen LogP contribution in [0.15, 0.2) is 91.0 Å². The van der Waals surface area contributed by atoms with Crippen LogP contribution in [-0.4, -0.2) is 114 Å². The second kappa shape index (κ2) is 17.0. The van der Waals surface area contributed by atoms with Crippen LogP contribution >= 0.6 is 11.6 Å². The average molecular weight is 812 g/mol. The van der Waals surface area contributed by atoms with Crippen LogP contribution in [0.4, 0.5) is 4.79 Å². The Morgan fingerprint density at radius 3 is 2.07 bits per heavy atom. The maximum Gasteiger partial charge on any atom is 0.413 e. The van der Waals surface area contributed by atoms with Crippen LogP contribution in [0.2, 0.25) is 0 Å². The summed E-state index contributed by atoms with van der Waals surface area (Å²) < 4.78 is 61.6. The lowest BCUT2D eigenvalue weighted by Gasteiger charge is -2.52. The van der Waals surface area contributed by atoms with E-state index in [0.717, 1.165) is 16.0 Å². The molecule has 0 unspecified atom stereocenters. The zero-order chi connectivity index (χ0) is 40.4. The lowest BCUT2D eigenvalue weighted by molar-refractivity contribution is -0.391. The molecule has 306 valence electrons. The van der Waals surface area contributed by atoms with Crippen molar-refractivity contribution in [2.75, 3.05) is 19.6 Å². The first kappa shape index (κ1) is 41.0. The molecule has 0 aromatic heterocycles. The summed E-state index contributed by atoms with van der Waals surface area (Å²) in [7, 11) is 1.19. The molecule has 57 heavy (non-hydrogen) atoms. The Kier molecular flexibility index (Phi) is 12.2. The van der Waals surface area contributed by atoms with Gasteiger partial charge in [0.05, 0.1) is 33.5 Å². The Morgan fingerprint density at radius 2 is 1.46 bits per heavy atom. The highest BCUT2D eigenvalue weighted by Crippen LogP contribution is 2.48. The van der Waals surface area contributed by atoms with E-state index in [1.165, 1.54) is 14.0 Å². The van der Waals surface area contributed by atoms with Gasteiger partial charge in [0.25, 0.3) is 0 Å². The lowest BCUT2D eigenvalue weighted by Crippen LogP contribution is -2.74. The van der Waals surface area contributed by atoms with E-state index in [-0.39, 0.29) is 26.4 Å². The minimum atomic E-state index is -2.51. The summed E-state index contributed by atoms with van der Waals surface area (Å²) in [5.41, 5.74) is -2.23. The third-order valence-corrected chi connectivity index (χ3v) is 10.5. The van der Waals surface area contributed by atoms with E-state index >= 15 is 0 Å². The maximum absolute atomic E-state index is 13.9. The molecule has 0 bridgehead atoms. The van der Waals surface area contributed by atoms with E-state index in [1.54, 1.807) is 44.2 Å². The van der Waals surface area contributed by atoms with Gasteiger partial charge in [0, 0.05) is 0 Å². The molecular formula is C41H46ClNO14. The minimum absolute atomic E-state index is 0.0438. The van der Waals surface area contributed by atoms with Gasteiger partial charge in [0.15, 0.2) is 29.9 Å². The first-order valence-electron chi connectivity index (χ1n) is 18.6. The smallest absolute Gasteiger partial charge is 0.413 e. The van der Waals surface area contributed by atoms with Crippen molar-refractivity contribution in [3.8, 4) is 0 Å². The Balaban J connectivity index is 1.30. The van der Waals surface area contributed by atoms with Gasteiger partial charge in [-0.15, -0.1) is 11.6 Å². The molecule has 3 aromatic rings. The van der Waals surface area contributed by atoms with Crippen LogP contribution in [0.25, 0.3) is 0 Å². The Labute approximate surface area is 334 Å². The van der Waals surface area contributed by atoms with Crippen LogP contribution < -0.4 is 0 Å². The SMILES string of the molecule is COC(=O)[C@]1(C)O[C@@H]2OC(C)(C)O[C@@H]2[C@@H](OCc2ccccc2)[C@H]1O[C@@H]1O[C@H](COCc2ccccc2)[C@@H](OC(=O)CCl)[C@@H]2OC(=O)N(Cc3ccccc3)[C@]12O. The number of methoxy groups -OCH3 is 1. The van der Waals surface area contributed by atoms with Gasteiger partial charge in [-0.2, -0.15) is 0 Å². The predicted octanol–water partition coefficient (Wildman–Crippen LogP) is 4.20. The molecule has 10 atom stereocenters. The van der Waals surface area contributed by atoms with Gasteiger partial charge >= 0.3 is 18.0 Å². The van der Waals surface area contributed by atoms with Crippen LogP contribution in [0.1, 0.15) is 37.5 Å². The number of hydrogen-bond acceptors (Lipinski definition) is 14. The second-order valence-electron chi connectivity index (χ2n) is 14.8. The predicted molar refractivity (Wildman–Crippen MR) is 198 cm³/mol. The van der Waals surface area contributed by atoms with Gasteiger partial charge in [-0.05, 0) is 37.5 Å². The van der Waals surface area contributed by atoms with Crippen molar-refractivity contribution in [2.24, 2.45) is 0 Å². The van der Waals surface area contributed by atoms with Gasteiger partial charge in [-0.25, -0.2) is 9.59 Å². The molecule has 7 rings (SSSR count). The minimum Gasteiger partial charge on any atom is -0.467 e. The van der Waals surface area contributed by atoms with E-state index in [1.807, 2.05) is 60.7 Å². The van der Waals surface area contributed by atoms with Gasteiger partial charge in [-0.3, -0.25) is 9.69 Å². The molecule has 4 saturated heterocycles. The monoisotopic (exact) mass is 811 g/mol. The zero-order valence-corrected chi connectivity index (χ0v) is 32.7. The number of hydrogen-bond donors (Lipinski definition) is 1. The molecule has 3 aromatic carbocycles. The molecule has 0 radical (unpaired) electrons. The van der Waals surface area contributed by atoms with E-state index in [9.17, 15) is 19.5 Å². The number of esters is 2. The summed E-state index contributed by atoms with van der Waals surface area (Å²) in [6, 6.07) is 27.5. The molecule has 4 aliphatic heterocycles. The van der Waals surface area contributed by atoms with Crippen LogP contribution in [0.3, 0.4) is 0 Å². The number of aliphatic hydroxyl groups is 1. The molecular weight excluding hydrogens is 766 g/mol. The van der Waals surface area contributed by atoms with Gasteiger partial charge in [-0.1, -0.05) is 91.0 Å². The third-order valence-electron chi connectivity index (χ3n) is 10.3. The summed E-state index contributed by atoms with van der Waals surface area (Å²) in [6.07, 6.45) is -11.7. The van der Waals surface area contributed by atoms with Crippen LogP contribution in [0.5, 0.6) is 0 Å². The molecule has 1 amide bonds. The number of rotatable bonds is 14. The molecule has 0 spiro atoms. The van der Waals surface area contributed by atoms with E-state index in [4.69, 9.17) is 59.0 Å². The molecule has 4 aliphatic rings. The second-order valence-corrected chi connectivity index (χ2v) is 15.0. The fourth-order valence-electron chi connectivity index (χ4n) is 7.59. The highest BCUT2D eigenvalue weighted by Gasteiger charge is 2.71. The number of ether oxygens (including phenoxy) is 10. The molecule has 0 aliphatic carbocycles. The number of carbonyl (C=O) groups is 3. The zero-order valence-electron chi connectivity index (χ0n) is 31.9. The third kappa shape index (κ3) is 8.40. The molecule has 4 fully saturated rings. The van der Waals surface area contributed by atoms with Crippen molar-refractivity contribution >= 4 is 29.6 Å². The molecule has 4 heterocycles. The van der Waals surface area contributed by atoms with Crippen LogP contribution in [-0.2, 0) is 76.7 Å². The highest BCUT2D eigenvalue weighted by molar-refractivity contribution is 6.26. The number of alkyl halides is 1. The summed E-state index contributed by atoms with van der Waals surface area (Å²) in [5.74, 6) is -3.43. The molecule has 16 heteroatoms. The quantitative estimate of drug-likeness (QED) is 0.140. The number of fused-ring (bicyclic) bond motifs is 2. The van der Waals surface area contributed by atoms with E-state index in [2.05, 4.69) is 0 Å². The van der Waals surface area contributed by atoms with Crippen molar-refractivity contribution in [1.29, 1.82) is 0 Å². The summed E-state index contributed by atoms with van der Waals surface area (Å²) in [5, 5.41) is 13.0. The van der Waals surface area contributed by atoms with Crippen molar-refractivity contribution in [3.05, 3.63) is 108 Å². The molecule has 15 nitrogen and oxygen atoms in total. The number of benzene rings is 3. The number of nitrogens with zero attached hydrogens (tertiary/aromatic N) is 1. The van der Waals surface area contributed by atoms with Crippen molar-refractivity contribution in [1.82, 2.24) is 4.90 Å². The summed E-state index contributed by atoms with van der Waals surface area (Å²) in [4.78, 5) is 41.6. The summed E-state index contributed by atoms with van der Waals surface area (Å²) in [6.45, 7) is 4.61. The first-order chi connectivity index (χ1) is 27.4. The van der Waals surface area contributed by atoms with Crippen molar-refractivity contribution in [2.45, 2.75) is 107 Å². The topological polar surface area (TPSA) is 167 Å². The van der Waals surface area contributed by atoms with Crippen LogP contribution in [0, 0.1) is 0 Å². The van der Waals surface area contributed by atoms with Gasteiger partial charge in [0.2, 0.25) is 12.0 Å². The fraction of sp³-hybridized carbons (Fsp3) is 0.488. The molecule has 1 N–H and O–H groups in total. The standard InChI is InChI=1S/C41H46ClNO14/c1-39(2)55-32-31(50-23-27-18-12-7-13-19-27)33(40(3,36(45)48-4)57-35(32)56-39)53-37-41(47)34(54-38(46)43(41)21-25-14-8-5-9-15-25)30(52-29(44)20-42)28(51-37)24-49-22-26-16-10-6-11-17-26/h5-19,28,30-35,37,47H,20-24H2,1-4H3/t28-,30-,31-,32-,33-,34+,35+,37+,40-,41-/m1/s1. The maximum atomic E-state index is 13.9. The lowest BCUT2D eigenvalue weighted by atomic mass is 9.86. The fourth-order valence-corrected chi connectivity index (χ4v) is 7.66. The molecule has 0 saturated carbocycles. The summed E-state index contributed by atoms with van der Waals surface area (Å²) >= 11 is 5.89. The Hall–Kier alpha value is -4.16. The van der Waals surface area contributed by atoms with Crippen molar-refractivity contribution in [3.63, 3.8) is 0 Å². The number of carbonyl (C=O) groups excluding carboxylic acids is 3. The van der Waals surface area contributed by atoms with Crippen molar-refractivity contribution < 1.29 is 66.9 Å². The van der Waals surface area contributed by atoms with E-state index in [0.29, 0.717) is 5.56 Å². The average Bonchev–Trinajstić information content (AvgIpc) is 3.66. The Bertz CT molecular complexity index is 1860. The number of halogens is 1. The van der Waals surface area contributed by atoms with E-state index < -0.39 is 90.2 Å².